The van der Waals surface area contributed by atoms with Crippen molar-refractivity contribution in [1.29, 1.82) is 0 Å². The van der Waals surface area contributed by atoms with E-state index in [-0.39, 0.29) is 35.2 Å². The van der Waals surface area contributed by atoms with Crippen molar-refractivity contribution in [3.05, 3.63) is 35.9 Å². The first-order valence-electron chi connectivity index (χ1n) is 10.5. The first-order valence-corrected chi connectivity index (χ1v) is 10.5. The summed E-state index contributed by atoms with van der Waals surface area (Å²) in [5.41, 5.74) is 1.26. The highest BCUT2D eigenvalue weighted by atomic mass is 16.2. The largest absolute Gasteiger partial charge is 0.328 e. The van der Waals surface area contributed by atoms with Crippen LogP contribution in [-0.4, -0.2) is 41.3 Å². The number of likely N-dealkylation sites (tertiary alicyclic amines) is 1. The van der Waals surface area contributed by atoms with Crippen molar-refractivity contribution in [2.75, 3.05) is 6.54 Å². The molecule has 1 aromatic carbocycles. The van der Waals surface area contributed by atoms with Crippen molar-refractivity contribution in [2.45, 2.75) is 83.8 Å². The fourth-order valence-electron chi connectivity index (χ4n) is 4.64. The van der Waals surface area contributed by atoms with Gasteiger partial charge in [-0.2, -0.15) is 0 Å². The number of hydrogen-bond donors (Lipinski definition) is 1. The minimum absolute atomic E-state index is 0.00661. The van der Waals surface area contributed by atoms with Gasteiger partial charge in [-0.15, -0.1) is 0 Å². The Morgan fingerprint density at radius 2 is 1.85 bits per heavy atom. The molecule has 1 N–H and O–H groups in total. The van der Waals surface area contributed by atoms with Crippen molar-refractivity contribution in [3.63, 3.8) is 0 Å². The molecule has 0 spiro atoms. The molecule has 3 rings (SSSR count). The second-order valence-electron chi connectivity index (χ2n) is 9.17. The number of ketones is 1. The quantitative estimate of drug-likeness (QED) is 0.830. The van der Waals surface area contributed by atoms with Gasteiger partial charge in [0.05, 0.1) is 12.1 Å². The van der Waals surface area contributed by atoms with Gasteiger partial charge in [0.1, 0.15) is 0 Å². The lowest BCUT2D eigenvalue weighted by Gasteiger charge is -2.39. The number of Topliss-reactive ketones (excluding diaryl/α,β-unsaturated/α-hetero) is 1. The summed E-state index contributed by atoms with van der Waals surface area (Å²) in [5, 5.41) is 3.33. The maximum atomic E-state index is 13.2. The maximum absolute atomic E-state index is 13.2. The Morgan fingerprint density at radius 3 is 2.48 bits per heavy atom. The van der Waals surface area contributed by atoms with Crippen molar-refractivity contribution in [1.82, 2.24) is 10.2 Å². The number of benzene rings is 1. The van der Waals surface area contributed by atoms with Gasteiger partial charge in [-0.3, -0.25) is 9.59 Å². The van der Waals surface area contributed by atoms with Crippen molar-refractivity contribution in [3.8, 4) is 0 Å². The second-order valence-corrected chi connectivity index (χ2v) is 9.17. The van der Waals surface area contributed by atoms with Crippen LogP contribution in [0, 0.1) is 5.41 Å². The zero-order valence-electron chi connectivity index (χ0n) is 17.0. The van der Waals surface area contributed by atoms with E-state index in [0.717, 1.165) is 45.1 Å². The number of nitrogens with zero attached hydrogens (tertiary/aromatic N) is 1. The first-order chi connectivity index (χ1) is 12.9. The maximum Gasteiger partial charge on any atom is 0.240 e. The molecule has 0 aliphatic carbocycles. The number of carbonyl (C=O) groups is 2. The molecule has 2 heterocycles. The molecule has 2 aliphatic rings. The standard InChI is InChI=1S/C23H34N2O2/c1-23(2,3)21-15-14-19(25(21)22(27)18-12-8-16-24-18)20(26)13-7-11-17-9-5-4-6-10-17/h4-6,9-10,18-19,21,24H,7-8,11-16H2,1-3H3/t18-,19?,21+/m0/s1. The average Bonchev–Trinajstić information content (AvgIpc) is 3.31. The fourth-order valence-corrected chi connectivity index (χ4v) is 4.64. The third-order valence-corrected chi connectivity index (χ3v) is 6.10. The van der Waals surface area contributed by atoms with Gasteiger partial charge in [0.2, 0.25) is 5.91 Å². The molecule has 1 amide bonds. The molecule has 0 saturated carbocycles. The van der Waals surface area contributed by atoms with Crippen molar-refractivity contribution in [2.24, 2.45) is 5.41 Å². The predicted octanol–water partition coefficient (Wildman–Crippen LogP) is 3.74. The van der Waals surface area contributed by atoms with E-state index in [1.54, 1.807) is 0 Å². The predicted molar refractivity (Wildman–Crippen MR) is 109 cm³/mol. The molecule has 0 bridgehead atoms. The zero-order chi connectivity index (χ0) is 19.4. The molecular formula is C23H34N2O2. The minimum Gasteiger partial charge on any atom is -0.328 e. The Morgan fingerprint density at radius 1 is 1.11 bits per heavy atom. The summed E-state index contributed by atoms with van der Waals surface area (Å²) in [5.74, 6) is 0.385. The van der Waals surface area contributed by atoms with E-state index in [9.17, 15) is 9.59 Å². The molecule has 1 unspecified atom stereocenters. The van der Waals surface area contributed by atoms with Gasteiger partial charge in [-0.05, 0) is 56.0 Å². The summed E-state index contributed by atoms with van der Waals surface area (Å²) >= 11 is 0. The smallest absolute Gasteiger partial charge is 0.240 e. The Balaban J connectivity index is 1.66. The Bertz CT molecular complexity index is 644. The lowest BCUT2D eigenvalue weighted by molar-refractivity contribution is -0.143. The molecule has 1 aromatic rings. The lowest BCUT2D eigenvalue weighted by Crippen LogP contribution is -2.54. The molecular weight excluding hydrogens is 336 g/mol. The van der Waals surface area contributed by atoms with Gasteiger partial charge < -0.3 is 10.2 Å². The molecule has 2 aliphatic heterocycles. The van der Waals surface area contributed by atoms with E-state index < -0.39 is 0 Å². The number of amides is 1. The van der Waals surface area contributed by atoms with Crippen LogP contribution in [0.4, 0.5) is 0 Å². The van der Waals surface area contributed by atoms with E-state index in [1.165, 1.54) is 5.56 Å². The monoisotopic (exact) mass is 370 g/mol. The van der Waals surface area contributed by atoms with E-state index in [4.69, 9.17) is 0 Å². The Kier molecular flexibility index (Phi) is 6.36. The number of aryl methyl sites for hydroxylation is 1. The van der Waals surface area contributed by atoms with Crippen molar-refractivity contribution >= 4 is 11.7 Å². The van der Waals surface area contributed by atoms with Crippen LogP contribution in [-0.2, 0) is 16.0 Å². The second kappa shape index (κ2) is 8.55. The normalized spacial score (nSPS) is 25.7. The lowest BCUT2D eigenvalue weighted by atomic mass is 9.85. The number of nitrogens with one attached hydrogen (secondary N) is 1. The highest BCUT2D eigenvalue weighted by molar-refractivity contribution is 5.92. The molecule has 0 radical (unpaired) electrons. The van der Waals surface area contributed by atoms with E-state index >= 15 is 0 Å². The van der Waals surface area contributed by atoms with Crippen LogP contribution in [0.5, 0.6) is 0 Å². The summed E-state index contributed by atoms with van der Waals surface area (Å²) in [7, 11) is 0. The molecule has 3 atom stereocenters. The van der Waals surface area contributed by atoms with E-state index in [0.29, 0.717) is 6.42 Å². The highest BCUT2D eigenvalue weighted by Crippen LogP contribution is 2.37. The number of carbonyl (C=O) groups excluding carboxylic acids is 2. The van der Waals surface area contributed by atoms with Gasteiger partial charge in [0.25, 0.3) is 0 Å². The Hall–Kier alpha value is -1.68. The van der Waals surface area contributed by atoms with Gasteiger partial charge in [-0.25, -0.2) is 0 Å². The molecule has 0 aromatic heterocycles. The van der Waals surface area contributed by atoms with Gasteiger partial charge in [0.15, 0.2) is 5.78 Å². The minimum atomic E-state index is -0.236. The van der Waals surface area contributed by atoms with Crippen LogP contribution in [0.3, 0.4) is 0 Å². The number of hydrogen-bond acceptors (Lipinski definition) is 3. The molecule has 27 heavy (non-hydrogen) atoms. The van der Waals surface area contributed by atoms with Gasteiger partial charge in [-0.1, -0.05) is 51.1 Å². The third-order valence-electron chi connectivity index (χ3n) is 6.10. The van der Waals surface area contributed by atoms with Crippen LogP contribution in [0.15, 0.2) is 30.3 Å². The first kappa shape index (κ1) is 20.1. The topological polar surface area (TPSA) is 49.4 Å². The summed E-state index contributed by atoms with van der Waals surface area (Å²) < 4.78 is 0. The summed E-state index contributed by atoms with van der Waals surface area (Å²) in [6.07, 6.45) is 5.99. The van der Waals surface area contributed by atoms with E-state index in [1.807, 2.05) is 23.1 Å². The molecule has 4 nitrogen and oxygen atoms in total. The van der Waals surface area contributed by atoms with Crippen LogP contribution in [0.2, 0.25) is 0 Å². The Labute approximate surface area is 163 Å². The average molecular weight is 371 g/mol. The van der Waals surface area contributed by atoms with Gasteiger partial charge >= 0.3 is 0 Å². The number of rotatable bonds is 6. The highest BCUT2D eigenvalue weighted by Gasteiger charge is 2.46. The molecule has 2 fully saturated rings. The van der Waals surface area contributed by atoms with Crippen LogP contribution in [0.1, 0.15) is 64.9 Å². The third kappa shape index (κ3) is 4.78. The fraction of sp³-hybridized carbons (Fsp3) is 0.652. The van der Waals surface area contributed by atoms with Crippen LogP contribution >= 0.6 is 0 Å². The summed E-state index contributed by atoms with van der Waals surface area (Å²) in [4.78, 5) is 28.2. The summed E-state index contributed by atoms with van der Waals surface area (Å²) in [6, 6.07) is 10.1. The molecule has 148 valence electrons. The summed E-state index contributed by atoms with van der Waals surface area (Å²) in [6.45, 7) is 7.45. The van der Waals surface area contributed by atoms with Crippen molar-refractivity contribution < 1.29 is 9.59 Å². The SMILES string of the molecule is CC(C)(C)[C@H]1CCC(C(=O)CCCc2ccccc2)N1C(=O)[C@@H]1CCCN1. The molecule has 2 saturated heterocycles. The van der Waals surface area contributed by atoms with Crippen LogP contribution < -0.4 is 5.32 Å². The molecule has 4 heteroatoms. The van der Waals surface area contributed by atoms with E-state index in [2.05, 4.69) is 38.2 Å². The van der Waals surface area contributed by atoms with Gasteiger partial charge in [0, 0.05) is 12.5 Å². The van der Waals surface area contributed by atoms with Crippen LogP contribution in [0.25, 0.3) is 0 Å². The zero-order valence-corrected chi connectivity index (χ0v) is 17.0.